The molecule has 2 aromatic rings. The average Bonchev–Trinajstić information content (AvgIpc) is 2.77. The van der Waals surface area contributed by atoms with E-state index in [1.54, 1.807) is 24.3 Å². The Morgan fingerprint density at radius 3 is 2.29 bits per heavy atom. The number of nitrogens with zero attached hydrogens (tertiary/aromatic N) is 2. The van der Waals surface area contributed by atoms with Crippen molar-refractivity contribution in [1.29, 1.82) is 0 Å². The first kappa shape index (κ1) is 27.5. The minimum absolute atomic E-state index is 0.00769. The van der Waals surface area contributed by atoms with Crippen molar-refractivity contribution in [3.05, 3.63) is 64.7 Å². The van der Waals surface area contributed by atoms with E-state index in [0.29, 0.717) is 27.5 Å². The molecular weight excluding hydrogens is 488 g/mol. The molecule has 0 spiro atoms. The van der Waals surface area contributed by atoms with Gasteiger partial charge >= 0.3 is 0 Å². The van der Waals surface area contributed by atoms with Crippen LogP contribution < -0.4 is 9.62 Å². The topological polar surface area (TPSA) is 86.8 Å². The van der Waals surface area contributed by atoms with Crippen LogP contribution in [0.15, 0.2) is 42.5 Å². The lowest BCUT2D eigenvalue weighted by molar-refractivity contribution is -0.139. The summed E-state index contributed by atoms with van der Waals surface area (Å²) < 4.78 is 52.6. The molecule has 0 heterocycles. The summed E-state index contributed by atoms with van der Waals surface area (Å²) in [5.74, 6) is -3.48. The second kappa shape index (κ2) is 12.1. The van der Waals surface area contributed by atoms with Gasteiger partial charge < -0.3 is 10.2 Å². The van der Waals surface area contributed by atoms with Gasteiger partial charge in [0.05, 0.1) is 11.9 Å². The maximum Gasteiger partial charge on any atom is 0.244 e. The van der Waals surface area contributed by atoms with E-state index in [-0.39, 0.29) is 12.2 Å². The molecule has 11 heteroatoms. The van der Waals surface area contributed by atoms with E-state index in [0.717, 1.165) is 31.2 Å². The Morgan fingerprint density at radius 1 is 1.09 bits per heavy atom. The Morgan fingerprint density at radius 2 is 1.74 bits per heavy atom. The fraction of sp³-hybridized carbons (Fsp3) is 0.391. The predicted octanol–water partition coefficient (Wildman–Crippen LogP) is 3.72. The molecule has 0 saturated carbocycles. The van der Waals surface area contributed by atoms with Crippen LogP contribution >= 0.6 is 11.6 Å². The molecular formula is C23H28ClF2N3O4S. The largest absolute Gasteiger partial charge is 0.354 e. The van der Waals surface area contributed by atoms with Crippen molar-refractivity contribution in [2.45, 2.75) is 39.3 Å². The summed E-state index contributed by atoms with van der Waals surface area (Å²) in [6, 6.07) is 8.27. The Kier molecular flexibility index (Phi) is 9.81. The zero-order valence-corrected chi connectivity index (χ0v) is 20.8. The summed E-state index contributed by atoms with van der Waals surface area (Å²) in [6.45, 7) is 3.26. The van der Waals surface area contributed by atoms with Gasteiger partial charge in [0, 0.05) is 24.2 Å². The number of anilines is 1. The lowest BCUT2D eigenvalue weighted by Gasteiger charge is -2.31. The third-order valence-corrected chi connectivity index (χ3v) is 6.53. The number of carbonyl (C=O) groups is 2. The lowest BCUT2D eigenvalue weighted by Crippen LogP contribution is -2.51. The molecule has 0 bridgehead atoms. The zero-order chi connectivity index (χ0) is 25.5. The van der Waals surface area contributed by atoms with Gasteiger partial charge in [-0.2, -0.15) is 0 Å². The van der Waals surface area contributed by atoms with E-state index < -0.39 is 46.1 Å². The molecule has 0 aliphatic carbocycles. The molecule has 0 aliphatic rings. The van der Waals surface area contributed by atoms with Crippen LogP contribution in [0.4, 0.5) is 14.5 Å². The first-order chi connectivity index (χ1) is 15.9. The molecule has 0 aliphatic heterocycles. The van der Waals surface area contributed by atoms with Crippen molar-refractivity contribution in [3.8, 4) is 0 Å². The number of hydrogen-bond donors (Lipinski definition) is 1. The Bertz CT molecular complexity index is 1110. The van der Waals surface area contributed by atoms with Crippen molar-refractivity contribution < 1.29 is 26.8 Å². The number of sulfonamides is 1. The number of halogens is 3. The Labute approximate surface area is 203 Å². The number of benzene rings is 2. The van der Waals surface area contributed by atoms with E-state index in [1.807, 2.05) is 6.92 Å². The molecule has 186 valence electrons. The van der Waals surface area contributed by atoms with Gasteiger partial charge in [0.1, 0.15) is 12.6 Å². The number of hydrogen-bond acceptors (Lipinski definition) is 4. The van der Waals surface area contributed by atoms with Crippen LogP contribution in [0.3, 0.4) is 0 Å². The molecule has 34 heavy (non-hydrogen) atoms. The number of amides is 2. The second-order valence-corrected chi connectivity index (χ2v) is 10.2. The van der Waals surface area contributed by atoms with Crippen molar-refractivity contribution in [2.24, 2.45) is 0 Å². The maximum atomic E-state index is 13.8. The van der Waals surface area contributed by atoms with Crippen LogP contribution in [0.5, 0.6) is 0 Å². The van der Waals surface area contributed by atoms with Gasteiger partial charge in [0.15, 0.2) is 11.6 Å². The van der Waals surface area contributed by atoms with Crippen molar-refractivity contribution in [2.75, 3.05) is 23.7 Å². The van der Waals surface area contributed by atoms with Crippen LogP contribution in [0.2, 0.25) is 5.02 Å². The van der Waals surface area contributed by atoms with Gasteiger partial charge in [0.25, 0.3) is 0 Å². The first-order valence-corrected chi connectivity index (χ1v) is 12.9. The van der Waals surface area contributed by atoms with E-state index >= 15 is 0 Å². The zero-order valence-electron chi connectivity index (χ0n) is 19.2. The smallest absolute Gasteiger partial charge is 0.244 e. The second-order valence-electron chi connectivity index (χ2n) is 7.84. The van der Waals surface area contributed by atoms with Gasteiger partial charge in [0.2, 0.25) is 21.8 Å². The number of unbranched alkanes of at least 4 members (excludes halogenated alkanes) is 1. The third-order valence-electron chi connectivity index (χ3n) is 5.13. The summed E-state index contributed by atoms with van der Waals surface area (Å²) in [5.41, 5.74) is 0.464. The Hall–Kier alpha value is -2.72. The molecule has 0 saturated heterocycles. The molecule has 1 atom stereocenters. The fourth-order valence-corrected chi connectivity index (χ4v) is 4.13. The van der Waals surface area contributed by atoms with Gasteiger partial charge in [-0.25, -0.2) is 17.2 Å². The normalized spacial score (nSPS) is 12.2. The molecule has 2 aromatic carbocycles. The van der Waals surface area contributed by atoms with Crippen LogP contribution in [0, 0.1) is 11.6 Å². The lowest BCUT2D eigenvalue weighted by atomic mass is 10.1. The highest BCUT2D eigenvalue weighted by molar-refractivity contribution is 7.92. The van der Waals surface area contributed by atoms with Gasteiger partial charge in [-0.05, 0) is 43.2 Å². The standard InChI is InChI=1S/C23H28ClF2N3O4S/c1-4-5-12-27-23(31)16(2)28(14-17-6-8-18(24)9-7-17)22(30)15-29(34(3,32)33)19-10-11-20(25)21(26)13-19/h6-11,13,16H,4-5,12,14-15H2,1-3H3,(H,27,31)/t16-/m0/s1. The summed E-state index contributed by atoms with van der Waals surface area (Å²) in [6.07, 6.45) is 2.49. The fourth-order valence-electron chi connectivity index (χ4n) is 3.16. The predicted molar refractivity (Wildman–Crippen MR) is 128 cm³/mol. The molecule has 0 aromatic heterocycles. The summed E-state index contributed by atoms with van der Waals surface area (Å²) in [7, 11) is -4.04. The van der Waals surface area contributed by atoms with Crippen molar-refractivity contribution in [1.82, 2.24) is 10.2 Å². The highest BCUT2D eigenvalue weighted by Gasteiger charge is 2.30. The highest BCUT2D eigenvalue weighted by atomic mass is 35.5. The Balaban J connectivity index is 2.35. The van der Waals surface area contributed by atoms with E-state index in [4.69, 9.17) is 11.6 Å². The molecule has 0 unspecified atom stereocenters. The first-order valence-electron chi connectivity index (χ1n) is 10.7. The highest BCUT2D eigenvalue weighted by Crippen LogP contribution is 2.22. The van der Waals surface area contributed by atoms with Gasteiger partial charge in [-0.15, -0.1) is 0 Å². The summed E-state index contributed by atoms with van der Waals surface area (Å²) in [4.78, 5) is 27.3. The van der Waals surface area contributed by atoms with E-state index in [2.05, 4.69) is 5.32 Å². The summed E-state index contributed by atoms with van der Waals surface area (Å²) in [5, 5.41) is 3.26. The number of rotatable bonds is 11. The quantitative estimate of drug-likeness (QED) is 0.462. The van der Waals surface area contributed by atoms with Crippen LogP contribution in [0.1, 0.15) is 32.3 Å². The molecule has 2 rings (SSSR count). The van der Waals surface area contributed by atoms with Crippen LogP contribution in [0.25, 0.3) is 0 Å². The molecule has 0 radical (unpaired) electrons. The van der Waals surface area contributed by atoms with E-state index in [1.165, 1.54) is 11.8 Å². The molecule has 7 nitrogen and oxygen atoms in total. The van der Waals surface area contributed by atoms with Gasteiger partial charge in [-0.3, -0.25) is 13.9 Å². The molecule has 2 amide bonds. The molecule has 1 N–H and O–H groups in total. The summed E-state index contributed by atoms with van der Waals surface area (Å²) >= 11 is 5.93. The number of nitrogens with one attached hydrogen (secondary N) is 1. The van der Waals surface area contributed by atoms with E-state index in [9.17, 15) is 26.8 Å². The van der Waals surface area contributed by atoms with Crippen molar-refractivity contribution >= 4 is 39.1 Å². The average molecular weight is 516 g/mol. The monoisotopic (exact) mass is 515 g/mol. The minimum Gasteiger partial charge on any atom is -0.354 e. The molecule has 0 fully saturated rings. The number of carbonyl (C=O) groups excluding carboxylic acids is 2. The van der Waals surface area contributed by atoms with Crippen LogP contribution in [-0.4, -0.2) is 50.5 Å². The SMILES string of the molecule is CCCCNC(=O)[C@H](C)N(Cc1ccc(Cl)cc1)C(=O)CN(c1ccc(F)c(F)c1)S(C)(=O)=O. The van der Waals surface area contributed by atoms with Crippen molar-refractivity contribution in [3.63, 3.8) is 0 Å². The van der Waals surface area contributed by atoms with Gasteiger partial charge in [-0.1, -0.05) is 37.1 Å². The third kappa shape index (κ3) is 7.66. The minimum atomic E-state index is -4.04. The maximum absolute atomic E-state index is 13.8. The van der Waals surface area contributed by atoms with Crippen LogP contribution in [-0.2, 0) is 26.2 Å².